The summed E-state index contributed by atoms with van der Waals surface area (Å²) < 4.78 is 5.53. The number of hydrogen-bond acceptors (Lipinski definition) is 4. The molecule has 2 saturated carbocycles. The molecule has 0 atom stereocenters. The zero-order chi connectivity index (χ0) is 14.6. The van der Waals surface area contributed by atoms with Gasteiger partial charge in [0.05, 0.1) is 18.6 Å². The van der Waals surface area contributed by atoms with Crippen LogP contribution in [-0.4, -0.2) is 47.1 Å². The van der Waals surface area contributed by atoms with E-state index in [9.17, 15) is 4.79 Å². The lowest BCUT2D eigenvalue weighted by Gasteiger charge is -2.41. The molecule has 0 unspecified atom stereocenters. The minimum Gasteiger partial charge on any atom is -0.409 e. The first-order valence-corrected chi connectivity index (χ1v) is 7.41. The molecule has 2 rings (SSSR count). The average molecular weight is 283 g/mol. The van der Waals surface area contributed by atoms with E-state index in [2.05, 4.69) is 5.16 Å². The summed E-state index contributed by atoms with van der Waals surface area (Å²) in [6, 6.07) is 0.219. The Balaban J connectivity index is 2.02. The van der Waals surface area contributed by atoms with E-state index in [4.69, 9.17) is 15.7 Å². The molecule has 0 radical (unpaired) electrons. The van der Waals surface area contributed by atoms with E-state index in [-0.39, 0.29) is 29.9 Å². The van der Waals surface area contributed by atoms with Crippen molar-refractivity contribution in [1.29, 1.82) is 0 Å². The number of carbonyl (C=O) groups is 1. The SMILES string of the molecule is COC1(CC(=O)N(CC(N)=NO)C2CCCC2)CCC1. The zero-order valence-electron chi connectivity index (χ0n) is 12.2. The maximum atomic E-state index is 12.6. The van der Waals surface area contributed by atoms with Crippen molar-refractivity contribution in [2.24, 2.45) is 10.9 Å². The van der Waals surface area contributed by atoms with Crippen molar-refractivity contribution in [2.75, 3.05) is 13.7 Å². The third kappa shape index (κ3) is 3.23. The van der Waals surface area contributed by atoms with E-state index in [0.29, 0.717) is 6.42 Å². The van der Waals surface area contributed by atoms with E-state index < -0.39 is 0 Å². The Hall–Kier alpha value is -1.30. The Morgan fingerprint density at radius 2 is 2.05 bits per heavy atom. The molecular weight excluding hydrogens is 258 g/mol. The summed E-state index contributed by atoms with van der Waals surface area (Å²) in [6.07, 6.45) is 7.69. The Labute approximate surface area is 119 Å². The topological polar surface area (TPSA) is 88.2 Å². The van der Waals surface area contributed by atoms with Crippen molar-refractivity contribution < 1.29 is 14.7 Å². The molecule has 0 spiro atoms. The second-order valence-electron chi connectivity index (χ2n) is 5.97. The predicted octanol–water partition coefficient (Wildman–Crippen LogP) is 1.46. The predicted molar refractivity (Wildman–Crippen MR) is 75.6 cm³/mol. The smallest absolute Gasteiger partial charge is 0.226 e. The van der Waals surface area contributed by atoms with Crippen molar-refractivity contribution in [1.82, 2.24) is 4.90 Å². The van der Waals surface area contributed by atoms with Crippen molar-refractivity contribution in [2.45, 2.75) is 63.0 Å². The molecule has 2 aliphatic rings. The molecule has 0 bridgehead atoms. The molecule has 0 aromatic carbocycles. The second kappa shape index (κ2) is 6.43. The molecule has 2 aliphatic carbocycles. The monoisotopic (exact) mass is 283 g/mol. The third-order valence-electron chi connectivity index (χ3n) is 4.72. The summed E-state index contributed by atoms with van der Waals surface area (Å²) in [5.74, 6) is 0.148. The van der Waals surface area contributed by atoms with Gasteiger partial charge in [-0.25, -0.2) is 0 Å². The standard InChI is InChI=1S/C14H25N3O3/c1-20-14(7-4-8-14)9-13(18)17(10-12(15)16-19)11-5-2-3-6-11/h11,19H,2-10H2,1H3,(H2,15,16). The minimum atomic E-state index is -0.279. The number of nitrogens with two attached hydrogens (primary N) is 1. The van der Waals surface area contributed by atoms with Crippen LogP contribution in [0.2, 0.25) is 0 Å². The van der Waals surface area contributed by atoms with Gasteiger partial charge in [-0.15, -0.1) is 0 Å². The van der Waals surface area contributed by atoms with Crippen LogP contribution in [0.15, 0.2) is 5.16 Å². The molecule has 0 heterocycles. The van der Waals surface area contributed by atoms with Gasteiger partial charge in [0, 0.05) is 13.2 Å². The lowest BCUT2D eigenvalue weighted by atomic mass is 9.77. The molecular formula is C14H25N3O3. The van der Waals surface area contributed by atoms with Crippen molar-refractivity contribution >= 4 is 11.7 Å². The highest BCUT2D eigenvalue weighted by Gasteiger charge is 2.41. The van der Waals surface area contributed by atoms with E-state index in [1.165, 1.54) is 0 Å². The Morgan fingerprint density at radius 1 is 1.40 bits per heavy atom. The maximum absolute atomic E-state index is 12.6. The van der Waals surface area contributed by atoms with Crippen molar-refractivity contribution in [3.05, 3.63) is 0 Å². The van der Waals surface area contributed by atoms with Crippen LogP contribution < -0.4 is 5.73 Å². The number of ether oxygens (including phenoxy) is 1. The van der Waals surface area contributed by atoms with Crippen LogP contribution in [-0.2, 0) is 9.53 Å². The fourth-order valence-corrected chi connectivity index (χ4v) is 3.24. The first-order valence-electron chi connectivity index (χ1n) is 7.41. The largest absolute Gasteiger partial charge is 0.409 e. The molecule has 0 aromatic rings. The highest BCUT2D eigenvalue weighted by molar-refractivity contribution is 5.87. The molecule has 0 aliphatic heterocycles. The lowest BCUT2D eigenvalue weighted by molar-refractivity contribution is -0.145. The van der Waals surface area contributed by atoms with E-state index >= 15 is 0 Å². The number of nitrogens with zero attached hydrogens (tertiary/aromatic N) is 2. The fraction of sp³-hybridized carbons (Fsp3) is 0.857. The van der Waals surface area contributed by atoms with Gasteiger partial charge in [-0.3, -0.25) is 4.79 Å². The number of amidine groups is 1. The first-order chi connectivity index (χ1) is 9.60. The van der Waals surface area contributed by atoms with Gasteiger partial charge in [-0.05, 0) is 32.1 Å². The summed E-state index contributed by atoms with van der Waals surface area (Å²) in [5, 5.41) is 11.7. The summed E-state index contributed by atoms with van der Waals surface area (Å²) >= 11 is 0. The minimum absolute atomic E-state index is 0.0602. The van der Waals surface area contributed by atoms with Gasteiger partial charge in [0.1, 0.15) is 0 Å². The van der Waals surface area contributed by atoms with Crippen LogP contribution in [0.5, 0.6) is 0 Å². The Morgan fingerprint density at radius 3 is 2.50 bits per heavy atom. The quantitative estimate of drug-likeness (QED) is 0.334. The van der Waals surface area contributed by atoms with Crippen LogP contribution in [0, 0.1) is 0 Å². The van der Waals surface area contributed by atoms with E-state index in [1.54, 1.807) is 12.0 Å². The van der Waals surface area contributed by atoms with Crippen LogP contribution in [0.25, 0.3) is 0 Å². The number of methoxy groups -OCH3 is 1. The number of carbonyl (C=O) groups excluding carboxylic acids is 1. The number of amides is 1. The normalized spacial score (nSPS) is 22.6. The third-order valence-corrected chi connectivity index (χ3v) is 4.72. The fourth-order valence-electron chi connectivity index (χ4n) is 3.24. The highest BCUT2D eigenvalue weighted by atomic mass is 16.5. The molecule has 2 fully saturated rings. The lowest BCUT2D eigenvalue weighted by Crippen LogP contribution is -2.49. The van der Waals surface area contributed by atoms with Crippen molar-refractivity contribution in [3.63, 3.8) is 0 Å². The van der Waals surface area contributed by atoms with Gasteiger partial charge in [0.25, 0.3) is 0 Å². The molecule has 0 aromatic heterocycles. The van der Waals surface area contributed by atoms with Gasteiger partial charge >= 0.3 is 0 Å². The van der Waals surface area contributed by atoms with Gasteiger partial charge in [0.15, 0.2) is 5.84 Å². The van der Waals surface area contributed by atoms with Crippen LogP contribution in [0.1, 0.15) is 51.4 Å². The maximum Gasteiger partial charge on any atom is 0.226 e. The van der Waals surface area contributed by atoms with Gasteiger partial charge in [-0.2, -0.15) is 0 Å². The molecule has 6 nitrogen and oxygen atoms in total. The van der Waals surface area contributed by atoms with Gasteiger partial charge < -0.3 is 20.6 Å². The van der Waals surface area contributed by atoms with E-state index in [0.717, 1.165) is 44.9 Å². The van der Waals surface area contributed by atoms with Crippen molar-refractivity contribution in [3.8, 4) is 0 Å². The number of oxime groups is 1. The number of rotatable bonds is 6. The zero-order valence-corrected chi connectivity index (χ0v) is 12.2. The summed E-state index contributed by atoms with van der Waals surface area (Å²) in [7, 11) is 1.68. The molecule has 1 amide bonds. The molecule has 0 saturated heterocycles. The summed E-state index contributed by atoms with van der Waals surface area (Å²) in [5.41, 5.74) is 5.32. The van der Waals surface area contributed by atoms with Crippen LogP contribution in [0.3, 0.4) is 0 Å². The summed E-state index contributed by atoms with van der Waals surface area (Å²) in [6.45, 7) is 0.208. The van der Waals surface area contributed by atoms with E-state index in [1.807, 2.05) is 0 Å². The first kappa shape index (κ1) is 15.1. The molecule has 3 N–H and O–H groups in total. The van der Waals surface area contributed by atoms with Gasteiger partial charge in [0.2, 0.25) is 5.91 Å². The molecule has 20 heavy (non-hydrogen) atoms. The second-order valence-corrected chi connectivity index (χ2v) is 5.97. The van der Waals surface area contributed by atoms with Crippen LogP contribution >= 0.6 is 0 Å². The highest BCUT2D eigenvalue weighted by Crippen LogP contribution is 2.39. The molecule has 6 heteroatoms. The average Bonchev–Trinajstić information content (AvgIpc) is 2.93. The van der Waals surface area contributed by atoms with Crippen LogP contribution in [0.4, 0.5) is 0 Å². The van der Waals surface area contributed by atoms with Gasteiger partial charge in [-0.1, -0.05) is 18.0 Å². The Bertz CT molecular complexity index is 368. The number of hydrogen-bond donors (Lipinski definition) is 2. The molecule has 114 valence electrons. The summed E-state index contributed by atoms with van der Waals surface area (Å²) in [4.78, 5) is 14.4. The Kier molecular flexibility index (Phi) is 4.86.